The van der Waals surface area contributed by atoms with Crippen molar-refractivity contribution in [2.75, 3.05) is 11.9 Å². The van der Waals surface area contributed by atoms with Crippen molar-refractivity contribution in [1.29, 1.82) is 0 Å². The Hall–Kier alpha value is -3.68. The van der Waals surface area contributed by atoms with Crippen molar-refractivity contribution in [3.63, 3.8) is 0 Å². The summed E-state index contributed by atoms with van der Waals surface area (Å²) in [5.41, 5.74) is 3.77. The largest absolute Gasteiger partial charge is 0.465 e. The Labute approximate surface area is 162 Å². The molecule has 4 N–H and O–H groups in total. The van der Waals surface area contributed by atoms with Crippen molar-refractivity contribution >= 4 is 28.7 Å². The molecule has 0 radical (unpaired) electrons. The summed E-state index contributed by atoms with van der Waals surface area (Å²) in [5.74, 6) is 0.412. The molecular weight excluding hydrogens is 358 g/mol. The number of rotatable bonds is 5. The van der Waals surface area contributed by atoms with Crippen LogP contribution in [0.5, 0.6) is 0 Å². The average molecular weight is 379 g/mol. The van der Waals surface area contributed by atoms with Crippen LogP contribution in [0.15, 0.2) is 42.9 Å². The van der Waals surface area contributed by atoms with Gasteiger partial charge in [0.05, 0.1) is 0 Å². The Morgan fingerprint density at radius 3 is 2.61 bits per heavy atom. The van der Waals surface area contributed by atoms with Crippen molar-refractivity contribution in [2.24, 2.45) is 0 Å². The number of pyridine rings is 2. The minimum atomic E-state index is -1.09. The number of anilines is 1. The Bertz CT molecular complexity index is 1040. The number of urea groups is 1. The average Bonchev–Trinajstić information content (AvgIpc) is 2.66. The highest BCUT2D eigenvalue weighted by Gasteiger charge is 2.13. The fourth-order valence-electron chi connectivity index (χ4n) is 3.02. The normalized spacial score (nSPS) is 10.5. The number of carbonyl (C=O) groups excluding carboxylic acids is 1. The first-order chi connectivity index (χ1) is 13.5. The van der Waals surface area contributed by atoms with E-state index < -0.39 is 6.09 Å². The number of hydrogen-bond donors (Lipinski definition) is 4. The Balaban J connectivity index is 2.13. The van der Waals surface area contributed by atoms with Crippen molar-refractivity contribution < 1.29 is 14.7 Å². The third-order valence-electron chi connectivity index (χ3n) is 4.31. The summed E-state index contributed by atoms with van der Waals surface area (Å²) < 4.78 is 0. The zero-order valence-electron chi connectivity index (χ0n) is 15.6. The number of aromatic nitrogens is 2. The van der Waals surface area contributed by atoms with Gasteiger partial charge in [-0.1, -0.05) is 12.1 Å². The van der Waals surface area contributed by atoms with Crippen molar-refractivity contribution in [3.05, 3.63) is 54.0 Å². The molecule has 0 fully saturated rings. The van der Waals surface area contributed by atoms with Gasteiger partial charge in [-0.05, 0) is 53.6 Å². The molecule has 0 unspecified atom stereocenters. The Morgan fingerprint density at radius 1 is 1.07 bits per heavy atom. The van der Waals surface area contributed by atoms with Gasteiger partial charge in [0.25, 0.3) is 0 Å². The van der Waals surface area contributed by atoms with Crippen LogP contribution in [0.1, 0.15) is 18.1 Å². The predicted octanol–water partition coefficient (Wildman–Crippen LogP) is 3.51. The highest BCUT2D eigenvalue weighted by molar-refractivity contribution is 6.01. The molecule has 2 heterocycles. The van der Waals surface area contributed by atoms with Crippen LogP contribution < -0.4 is 16.0 Å². The Morgan fingerprint density at radius 2 is 1.89 bits per heavy atom. The number of amides is 3. The SMILES string of the molecule is CCNC(=O)Nc1cc2c(-c3ccncc3C)ccc(CNC(=O)O)c2cn1. The van der Waals surface area contributed by atoms with E-state index in [2.05, 4.69) is 25.9 Å². The van der Waals surface area contributed by atoms with Crippen LogP contribution in [0, 0.1) is 6.92 Å². The lowest BCUT2D eigenvalue weighted by molar-refractivity contribution is 0.194. The van der Waals surface area contributed by atoms with Gasteiger partial charge in [-0.15, -0.1) is 0 Å². The van der Waals surface area contributed by atoms with Crippen molar-refractivity contribution in [1.82, 2.24) is 20.6 Å². The molecule has 0 bridgehead atoms. The summed E-state index contributed by atoms with van der Waals surface area (Å²) >= 11 is 0. The molecule has 8 nitrogen and oxygen atoms in total. The van der Waals surface area contributed by atoms with Crippen LogP contribution in [-0.2, 0) is 6.54 Å². The molecule has 0 aliphatic heterocycles. The van der Waals surface area contributed by atoms with Gasteiger partial charge in [0.2, 0.25) is 0 Å². The zero-order chi connectivity index (χ0) is 20.1. The van der Waals surface area contributed by atoms with E-state index in [4.69, 9.17) is 5.11 Å². The van der Waals surface area contributed by atoms with Gasteiger partial charge in [0.15, 0.2) is 0 Å². The Kier molecular flexibility index (Phi) is 5.69. The standard InChI is InChI=1S/C20H21N5O3/c1-3-22-19(26)25-18-8-16-15(14-6-7-21-9-12(14)2)5-4-13(10-24-20(27)28)17(16)11-23-18/h4-9,11,24H,3,10H2,1-2H3,(H,27,28)(H2,22,23,25,26). The number of benzene rings is 1. The molecule has 144 valence electrons. The van der Waals surface area contributed by atoms with Crippen LogP contribution in [0.2, 0.25) is 0 Å². The molecule has 0 aliphatic carbocycles. The molecule has 28 heavy (non-hydrogen) atoms. The number of carbonyl (C=O) groups is 2. The van der Waals surface area contributed by atoms with Gasteiger partial charge in [-0.3, -0.25) is 10.3 Å². The van der Waals surface area contributed by atoms with Crippen molar-refractivity contribution in [3.8, 4) is 11.1 Å². The maximum absolute atomic E-state index is 11.9. The van der Waals surface area contributed by atoms with Crippen LogP contribution in [0.3, 0.4) is 0 Å². The maximum atomic E-state index is 11.9. The second-order valence-corrected chi connectivity index (χ2v) is 6.22. The summed E-state index contributed by atoms with van der Waals surface area (Å²) in [6.07, 6.45) is 4.07. The first-order valence-corrected chi connectivity index (χ1v) is 8.84. The van der Waals surface area contributed by atoms with E-state index in [-0.39, 0.29) is 12.6 Å². The third-order valence-corrected chi connectivity index (χ3v) is 4.31. The van der Waals surface area contributed by atoms with E-state index in [9.17, 15) is 9.59 Å². The topological polar surface area (TPSA) is 116 Å². The van der Waals surface area contributed by atoms with Gasteiger partial charge >= 0.3 is 12.1 Å². The maximum Gasteiger partial charge on any atom is 0.404 e. The first-order valence-electron chi connectivity index (χ1n) is 8.84. The molecular formula is C20H21N5O3. The number of aryl methyl sites for hydroxylation is 1. The minimum Gasteiger partial charge on any atom is -0.465 e. The molecule has 0 saturated heterocycles. The van der Waals surface area contributed by atoms with Gasteiger partial charge in [0.1, 0.15) is 5.82 Å². The fraction of sp³-hybridized carbons (Fsp3) is 0.200. The number of carboxylic acid groups (broad SMARTS) is 1. The lowest BCUT2D eigenvalue weighted by Crippen LogP contribution is -2.28. The molecule has 1 aromatic carbocycles. The third kappa shape index (κ3) is 4.17. The number of nitrogens with zero attached hydrogens (tertiary/aromatic N) is 2. The lowest BCUT2D eigenvalue weighted by Gasteiger charge is -2.14. The van der Waals surface area contributed by atoms with E-state index in [0.717, 1.165) is 33.0 Å². The molecule has 0 saturated carbocycles. The van der Waals surface area contributed by atoms with Crippen LogP contribution in [-0.4, -0.2) is 33.7 Å². The minimum absolute atomic E-state index is 0.159. The molecule has 2 aromatic heterocycles. The highest BCUT2D eigenvalue weighted by Crippen LogP contribution is 2.33. The monoisotopic (exact) mass is 379 g/mol. The molecule has 8 heteroatoms. The van der Waals surface area contributed by atoms with E-state index in [0.29, 0.717) is 12.4 Å². The summed E-state index contributed by atoms with van der Waals surface area (Å²) in [6, 6.07) is 7.21. The number of nitrogens with one attached hydrogen (secondary N) is 3. The number of hydrogen-bond acceptors (Lipinski definition) is 4. The van der Waals surface area contributed by atoms with Crippen LogP contribution >= 0.6 is 0 Å². The molecule has 3 aromatic rings. The molecule has 0 aliphatic rings. The molecule has 0 spiro atoms. The molecule has 3 rings (SSSR count). The van der Waals surface area contributed by atoms with Gasteiger partial charge in [-0.25, -0.2) is 14.6 Å². The van der Waals surface area contributed by atoms with Gasteiger partial charge < -0.3 is 15.7 Å². The molecule has 0 atom stereocenters. The second kappa shape index (κ2) is 8.34. The smallest absolute Gasteiger partial charge is 0.404 e. The van der Waals surface area contributed by atoms with Gasteiger partial charge in [0, 0.05) is 37.1 Å². The zero-order valence-corrected chi connectivity index (χ0v) is 15.6. The lowest BCUT2D eigenvalue weighted by atomic mass is 9.94. The van der Waals surface area contributed by atoms with Crippen LogP contribution in [0.25, 0.3) is 21.9 Å². The van der Waals surface area contributed by atoms with Crippen molar-refractivity contribution in [2.45, 2.75) is 20.4 Å². The summed E-state index contributed by atoms with van der Waals surface area (Å²) in [6.45, 7) is 4.47. The quantitative estimate of drug-likeness (QED) is 0.541. The first kappa shape index (κ1) is 19.1. The number of fused-ring (bicyclic) bond motifs is 1. The highest BCUT2D eigenvalue weighted by atomic mass is 16.4. The molecule has 3 amide bonds. The summed E-state index contributed by atoms with van der Waals surface area (Å²) in [7, 11) is 0. The predicted molar refractivity (Wildman–Crippen MR) is 107 cm³/mol. The fourth-order valence-corrected chi connectivity index (χ4v) is 3.02. The summed E-state index contributed by atoms with van der Waals surface area (Å²) in [5, 5.41) is 18.4. The van der Waals surface area contributed by atoms with E-state index in [1.807, 2.05) is 32.0 Å². The second-order valence-electron chi connectivity index (χ2n) is 6.22. The summed E-state index contributed by atoms with van der Waals surface area (Å²) in [4.78, 5) is 31.2. The van der Waals surface area contributed by atoms with E-state index in [1.165, 1.54) is 0 Å². The van der Waals surface area contributed by atoms with Crippen LogP contribution in [0.4, 0.5) is 15.4 Å². The van der Waals surface area contributed by atoms with Gasteiger partial charge in [-0.2, -0.15) is 0 Å². The van der Waals surface area contributed by atoms with E-state index in [1.54, 1.807) is 24.7 Å². The van der Waals surface area contributed by atoms with E-state index >= 15 is 0 Å².